The minimum Gasteiger partial charge on any atom is -0.316 e. The third-order valence-electron chi connectivity index (χ3n) is 4.51. The zero-order chi connectivity index (χ0) is 14.3. The second-order valence-corrected chi connectivity index (χ2v) is 6.81. The second-order valence-electron chi connectivity index (χ2n) is 6.81. The molecule has 1 heterocycles. The van der Waals surface area contributed by atoms with E-state index in [1.54, 1.807) is 0 Å². The molecule has 2 atom stereocenters. The van der Waals surface area contributed by atoms with Crippen molar-refractivity contribution in [1.29, 1.82) is 0 Å². The van der Waals surface area contributed by atoms with Crippen LogP contribution >= 0.6 is 0 Å². The number of rotatable bonds is 8. The maximum Gasteiger partial charge on any atom is 0.0220 e. The first-order valence-corrected chi connectivity index (χ1v) is 8.10. The van der Waals surface area contributed by atoms with Gasteiger partial charge in [-0.3, -0.25) is 0 Å². The molecule has 0 aromatic heterocycles. The number of nitrogens with zero attached hydrogens (tertiary/aromatic N) is 2. The van der Waals surface area contributed by atoms with E-state index < -0.39 is 0 Å². The van der Waals surface area contributed by atoms with Crippen molar-refractivity contribution in [2.24, 2.45) is 5.41 Å². The van der Waals surface area contributed by atoms with Crippen molar-refractivity contribution in [3.8, 4) is 0 Å². The van der Waals surface area contributed by atoms with Crippen LogP contribution in [0, 0.1) is 5.41 Å². The molecule has 0 aliphatic carbocycles. The number of hydrogen-bond acceptors (Lipinski definition) is 3. The lowest BCUT2D eigenvalue weighted by molar-refractivity contribution is 0.0881. The van der Waals surface area contributed by atoms with Gasteiger partial charge in [-0.1, -0.05) is 27.2 Å². The summed E-state index contributed by atoms with van der Waals surface area (Å²) in [6, 6.07) is 0.747. The molecule has 0 saturated carbocycles. The summed E-state index contributed by atoms with van der Waals surface area (Å²) in [4.78, 5) is 5.09. The molecular weight excluding hydrogens is 234 g/mol. The Balaban J connectivity index is 2.51. The lowest BCUT2D eigenvalue weighted by Crippen LogP contribution is -2.49. The Morgan fingerprint density at radius 2 is 2.11 bits per heavy atom. The van der Waals surface area contributed by atoms with Crippen LogP contribution in [-0.4, -0.2) is 62.7 Å². The van der Waals surface area contributed by atoms with Crippen LogP contribution in [0.4, 0.5) is 0 Å². The number of likely N-dealkylation sites (tertiary alicyclic amines) is 1. The maximum absolute atomic E-state index is 3.55. The van der Waals surface area contributed by atoms with Crippen LogP contribution in [0.25, 0.3) is 0 Å². The van der Waals surface area contributed by atoms with Gasteiger partial charge in [-0.25, -0.2) is 0 Å². The fourth-order valence-corrected chi connectivity index (χ4v) is 3.48. The molecule has 0 radical (unpaired) electrons. The topological polar surface area (TPSA) is 18.5 Å². The molecule has 0 aromatic carbocycles. The summed E-state index contributed by atoms with van der Waals surface area (Å²) in [5.41, 5.74) is 0.412. The van der Waals surface area contributed by atoms with E-state index in [9.17, 15) is 0 Å². The molecule has 2 unspecified atom stereocenters. The van der Waals surface area contributed by atoms with Gasteiger partial charge in [0.1, 0.15) is 0 Å². The largest absolute Gasteiger partial charge is 0.316 e. The molecule has 1 saturated heterocycles. The van der Waals surface area contributed by atoms with Gasteiger partial charge in [-0.2, -0.15) is 0 Å². The number of likely N-dealkylation sites (N-methyl/N-ethyl adjacent to an activating group) is 2. The zero-order valence-electron chi connectivity index (χ0n) is 13.8. The molecule has 1 N–H and O–H groups in total. The summed E-state index contributed by atoms with van der Waals surface area (Å²) in [7, 11) is 4.58. The zero-order valence-corrected chi connectivity index (χ0v) is 13.8. The van der Waals surface area contributed by atoms with E-state index in [4.69, 9.17) is 0 Å². The summed E-state index contributed by atoms with van der Waals surface area (Å²) >= 11 is 0. The van der Waals surface area contributed by atoms with Crippen molar-refractivity contribution in [2.45, 2.75) is 52.5 Å². The molecular formula is C16H35N3. The molecule has 114 valence electrons. The predicted molar refractivity (Wildman–Crippen MR) is 84.7 cm³/mol. The molecule has 0 aromatic rings. The summed E-state index contributed by atoms with van der Waals surface area (Å²) in [5, 5.41) is 3.55. The molecule has 0 spiro atoms. The van der Waals surface area contributed by atoms with Crippen molar-refractivity contribution >= 4 is 0 Å². The van der Waals surface area contributed by atoms with E-state index in [2.05, 4.69) is 50.0 Å². The summed E-state index contributed by atoms with van der Waals surface area (Å²) in [6.45, 7) is 12.9. The smallest absolute Gasteiger partial charge is 0.0220 e. The first-order valence-electron chi connectivity index (χ1n) is 8.10. The Bertz CT molecular complexity index is 244. The lowest BCUT2D eigenvalue weighted by Gasteiger charge is -2.41. The standard InChI is InChI=1S/C16H35N3/c1-6-10-16(3,13-17-7-2)14-19(5)15-9-8-11-18(4)12-15/h15,17H,6-14H2,1-5H3. The van der Waals surface area contributed by atoms with Crippen LogP contribution in [0.1, 0.15) is 46.5 Å². The summed E-state index contributed by atoms with van der Waals surface area (Å²) in [5.74, 6) is 0. The highest BCUT2D eigenvalue weighted by atomic mass is 15.2. The van der Waals surface area contributed by atoms with Crippen molar-refractivity contribution in [3.63, 3.8) is 0 Å². The van der Waals surface area contributed by atoms with Crippen LogP contribution < -0.4 is 5.32 Å². The van der Waals surface area contributed by atoms with Gasteiger partial charge in [0.25, 0.3) is 0 Å². The molecule has 1 rings (SSSR count). The van der Waals surface area contributed by atoms with Gasteiger partial charge in [-0.05, 0) is 51.9 Å². The van der Waals surface area contributed by atoms with Gasteiger partial charge in [-0.15, -0.1) is 0 Å². The van der Waals surface area contributed by atoms with E-state index in [0.717, 1.165) is 19.1 Å². The van der Waals surface area contributed by atoms with Gasteiger partial charge in [0.2, 0.25) is 0 Å². The normalized spacial score (nSPS) is 24.6. The number of piperidine rings is 1. The Morgan fingerprint density at radius 1 is 1.37 bits per heavy atom. The van der Waals surface area contributed by atoms with Gasteiger partial charge in [0.05, 0.1) is 0 Å². The third kappa shape index (κ3) is 5.80. The van der Waals surface area contributed by atoms with Crippen LogP contribution in [0.5, 0.6) is 0 Å². The van der Waals surface area contributed by atoms with Gasteiger partial charge in [0, 0.05) is 25.7 Å². The van der Waals surface area contributed by atoms with Gasteiger partial charge in [0.15, 0.2) is 0 Å². The third-order valence-corrected chi connectivity index (χ3v) is 4.51. The van der Waals surface area contributed by atoms with E-state index >= 15 is 0 Å². The van der Waals surface area contributed by atoms with Crippen LogP contribution in [0.15, 0.2) is 0 Å². The molecule has 3 heteroatoms. The highest BCUT2D eigenvalue weighted by molar-refractivity contribution is 4.84. The minimum absolute atomic E-state index is 0.412. The lowest BCUT2D eigenvalue weighted by atomic mass is 9.84. The van der Waals surface area contributed by atoms with E-state index in [1.165, 1.54) is 45.3 Å². The van der Waals surface area contributed by atoms with Gasteiger partial charge < -0.3 is 15.1 Å². The Labute approximate surface area is 120 Å². The summed E-state index contributed by atoms with van der Waals surface area (Å²) < 4.78 is 0. The number of hydrogen-bond donors (Lipinski definition) is 1. The average Bonchev–Trinajstić information content (AvgIpc) is 2.36. The monoisotopic (exact) mass is 269 g/mol. The maximum atomic E-state index is 3.55. The molecule has 3 nitrogen and oxygen atoms in total. The quantitative estimate of drug-likeness (QED) is 0.730. The molecule has 1 fully saturated rings. The molecule has 19 heavy (non-hydrogen) atoms. The predicted octanol–water partition coefficient (Wildman–Crippen LogP) is 2.43. The first-order chi connectivity index (χ1) is 9.00. The Morgan fingerprint density at radius 3 is 2.68 bits per heavy atom. The van der Waals surface area contributed by atoms with Gasteiger partial charge >= 0.3 is 0 Å². The van der Waals surface area contributed by atoms with Crippen LogP contribution in [0.2, 0.25) is 0 Å². The molecule has 1 aliphatic rings. The molecule has 0 bridgehead atoms. The highest BCUT2D eigenvalue weighted by Crippen LogP contribution is 2.25. The Kier molecular flexibility index (Phi) is 7.33. The molecule has 0 amide bonds. The fourth-order valence-electron chi connectivity index (χ4n) is 3.48. The van der Waals surface area contributed by atoms with E-state index in [0.29, 0.717) is 5.41 Å². The van der Waals surface area contributed by atoms with E-state index in [-0.39, 0.29) is 0 Å². The van der Waals surface area contributed by atoms with Crippen molar-refractivity contribution < 1.29 is 0 Å². The van der Waals surface area contributed by atoms with Crippen molar-refractivity contribution in [1.82, 2.24) is 15.1 Å². The Hall–Kier alpha value is -0.120. The SMILES string of the molecule is CCCC(C)(CNCC)CN(C)C1CCCN(C)C1. The van der Waals surface area contributed by atoms with Crippen LogP contribution in [0.3, 0.4) is 0 Å². The second kappa shape index (κ2) is 8.23. The minimum atomic E-state index is 0.412. The van der Waals surface area contributed by atoms with Crippen LogP contribution in [-0.2, 0) is 0 Å². The average molecular weight is 269 g/mol. The number of nitrogens with one attached hydrogen (secondary N) is 1. The summed E-state index contributed by atoms with van der Waals surface area (Å²) in [6.07, 6.45) is 5.31. The highest BCUT2D eigenvalue weighted by Gasteiger charge is 2.29. The van der Waals surface area contributed by atoms with Crippen molar-refractivity contribution in [3.05, 3.63) is 0 Å². The first kappa shape index (κ1) is 16.9. The molecule has 1 aliphatic heterocycles. The van der Waals surface area contributed by atoms with Crippen molar-refractivity contribution in [2.75, 3.05) is 46.8 Å². The van der Waals surface area contributed by atoms with E-state index in [1.807, 2.05) is 0 Å². The fraction of sp³-hybridized carbons (Fsp3) is 1.00.